The zero-order valence-electron chi connectivity index (χ0n) is 13.2. The fourth-order valence-electron chi connectivity index (χ4n) is 2.57. The van der Waals surface area contributed by atoms with Gasteiger partial charge in [-0.1, -0.05) is 17.8 Å². The predicted molar refractivity (Wildman–Crippen MR) is 93.4 cm³/mol. The highest BCUT2D eigenvalue weighted by molar-refractivity contribution is 8.01. The molecule has 0 aromatic carbocycles. The Hall–Kier alpha value is -1.53. The van der Waals surface area contributed by atoms with Gasteiger partial charge in [-0.3, -0.25) is 4.79 Å². The molecule has 0 saturated heterocycles. The molecule has 0 unspecified atom stereocenters. The molecule has 1 amide bonds. The molecule has 2 aromatic heterocycles. The summed E-state index contributed by atoms with van der Waals surface area (Å²) in [6.07, 6.45) is 8.22. The highest BCUT2D eigenvalue weighted by Gasteiger charge is 2.21. The predicted octanol–water partition coefficient (Wildman–Crippen LogP) is 4.62. The van der Waals surface area contributed by atoms with Crippen molar-refractivity contribution in [3.63, 3.8) is 0 Å². The van der Waals surface area contributed by atoms with Crippen LogP contribution in [0, 0.1) is 6.92 Å². The molecule has 1 aliphatic rings. The number of thiazole rings is 1. The van der Waals surface area contributed by atoms with Gasteiger partial charge in [0.1, 0.15) is 5.76 Å². The summed E-state index contributed by atoms with van der Waals surface area (Å²) in [7, 11) is 0. The van der Waals surface area contributed by atoms with Gasteiger partial charge in [0.05, 0.1) is 18.6 Å². The van der Waals surface area contributed by atoms with Gasteiger partial charge in [0.25, 0.3) is 0 Å². The highest BCUT2D eigenvalue weighted by Crippen LogP contribution is 2.26. The summed E-state index contributed by atoms with van der Waals surface area (Å²) in [6, 6.07) is 3.78. The topological polar surface area (TPSA) is 46.3 Å². The molecule has 122 valence electrons. The molecule has 23 heavy (non-hydrogen) atoms. The van der Waals surface area contributed by atoms with Crippen molar-refractivity contribution in [2.75, 3.05) is 5.75 Å². The van der Waals surface area contributed by atoms with Crippen molar-refractivity contribution >= 4 is 29.0 Å². The lowest BCUT2D eigenvalue weighted by atomic mass is 10.0. The second-order valence-corrected chi connectivity index (χ2v) is 7.62. The number of carbonyl (C=O) groups is 1. The average molecular weight is 348 g/mol. The van der Waals surface area contributed by atoms with Crippen molar-refractivity contribution in [1.82, 2.24) is 9.88 Å². The number of hydrogen-bond acceptors (Lipinski definition) is 5. The van der Waals surface area contributed by atoms with Crippen LogP contribution in [0.5, 0.6) is 0 Å². The maximum atomic E-state index is 12.7. The van der Waals surface area contributed by atoms with Crippen LogP contribution in [0.2, 0.25) is 0 Å². The van der Waals surface area contributed by atoms with Crippen LogP contribution in [-0.4, -0.2) is 21.5 Å². The van der Waals surface area contributed by atoms with Crippen LogP contribution in [-0.2, 0) is 11.3 Å². The fraction of sp³-hybridized carbons (Fsp3) is 0.412. The lowest BCUT2D eigenvalue weighted by molar-refractivity contribution is -0.127. The Morgan fingerprint density at radius 2 is 2.39 bits per heavy atom. The van der Waals surface area contributed by atoms with E-state index in [9.17, 15) is 4.79 Å². The van der Waals surface area contributed by atoms with Gasteiger partial charge in [-0.2, -0.15) is 0 Å². The molecular formula is C17H20N2O2S2. The molecule has 0 N–H and O–H groups in total. The van der Waals surface area contributed by atoms with Crippen molar-refractivity contribution < 1.29 is 9.21 Å². The number of rotatable bonds is 6. The molecule has 2 heterocycles. The normalized spacial score (nSPS) is 14.6. The number of aromatic nitrogens is 1. The Labute approximate surface area is 144 Å². The summed E-state index contributed by atoms with van der Waals surface area (Å²) in [5, 5.41) is 2.01. The van der Waals surface area contributed by atoms with Crippen LogP contribution in [0.3, 0.4) is 0 Å². The maximum absolute atomic E-state index is 12.7. The average Bonchev–Trinajstić information content (AvgIpc) is 3.23. The first-order chi connectivity index (χ1) is 11.2. The molecule has 0 saturated carbocycles. The van der Waals surface area contributed by atoms with Crippen molar-refractivity contribution in [1.29, 1.82) is 0 Å². The van der Waals surface area contributed by atoms with E-state index < -0.39 is 0 Å². The lowest BCUT2D eigenvalue weighted by Crippen LogP contribution is -2.32. The zero-order chi connectivity index (χ0) is 16.1. The van der Waals surface area contributed by atoms with Gasteiger partial charge in [0.2, 0.25) is 5.91 Å². The molecule has 6 heteroatoms. The van der Waals surface area contributed by atoms with Gasteiger partial charge >= 0.3 is 0 Å². The molecule has 2 aromatic rings. The minimum Gasteiger partial charge on any atom is -0.467 e. The zero-order valence-corrected chi connectivity index (χ0v) is 14.8. The van der Waals surface area contributed by atoms with Crippen LogP contribution in [0.4, 0.5) is 0 Å². The quantitative estimate of drug-likeness (QED) is 0.715. The summed E-state index contributed by atoms with van der Waals surface area (Å²) >= 11 is 3.10. The first kappa shape index (κ1) is 16.3. The van der Waals surface area contributed by atoms with Crippen molar-refractivity contribution in [3.05, 3.63) is 47.0 Å². The first-order valence-electron chi connectivity index (χ1n) is 7.79. The minimum absolute atomic E-state index is 0.118. The Kier molecular flexibility index (Phi) is 5.56. The number of thioether (sulfide) groups is 1. The Bertz CT molecular complexity index is 677. The molecule has 0 radical (unpaired) electrons. The van der Waals surface area contributed by atoms with Gasteiger partial charge < -0.3 is 9.32 Å². The Balaban J connectivity index is 1.68. The molecule has 0 atom stereocenters. The monoisotopic (exact) mass is 348 g/mol. The van der Waals surface area contributed by atoms with E-state index in [-0.39, 0.29) is 5.91 Å². The SMILES string of the molecule is Cc1csc(SCC(=O)N(Cc2ccco2)C2=CCCCC2)n1. The third kappa shape index (κ3) is 4.48. The Morgan fingerprint density at radius 1 is 1.48 bits per heavy atom. The van der Waals surface area contributed by atoms with E-state index in [2.05, 4.69) is 11.1 Å². The van der Waals surface area contributed by atoms with E-state index in [1.54, 1.807) is 17.6 Å². The van der Waals surface area contributed by atoms with Gasteiger partial charge in [-0.15, -0.1) is 11.3 Å². The van der Waals surface area contributed by atoms with Crippen molar-refractivity contribution in [3.8, 4) is 0 Å². The molecule has 3 rings (SSSR count). The summed E-state index contributed by atoms with van der Waals surface area (Å²) in [6.45, 7) is 2.48. The Morgan fingerprint density at radius 3 is 3.04 bits per heavy atom. The molecule has 0 aliphatic heterocycles. The van der Waals surface area contributed by atoms with Crippen LogP contribution in [0.25, 0.3) is 0 Å². The van der Waals surface area contributed by atoms with E-state index >= 15 is 0 Å². The largest absolute Gasteiger partial charge is 0.467 e. The van der Waals surface area contributed by atoms with Gasteiger partial charge in [-0.25, -0.2) is 4.98 Å². The number of hydrogen-bond donors (Lipinski definition) is 0. The number of aryl methyl sites for hydroxylation is 1. The second kappa shape index (κ2) is 7.84. The highest BCUT2D eigenvalue weighted by atomic mass is 32.2. The number of furan rings is 1. The molecule has 0 spiro atoms. The number of nitrogens with zero attached hydrogens (tertiary/aromatic N) is 2. The van der Waals surface area contributed by atoms with E-state index in [0.29, 0.717) is 12.3 Å². The molecular weight excluding hydrogens is 328 g/mol. The smallest absolute Gasteiger partial charge is 0.237 e. The summed E-state index contributed by atoms with van der Waals surface area (Å²) < 4.78 is 6.38. The van der Waals surface area contributed by atoms with Crippen LogP contribution in [0.15, 0.2) is 44.3 Å². The molecule has 4 nitrogen and oxygen atoms in total. The molecule has 0 fully saturated rings. The third-order valence-electron chi connectivity index (χ3n) is 3.73. The van der Waals surface area contributed by atoms with Crippen LogP contribution >= 0.6 is 23.1 Å². The summed E-state index contributed by atoms with van der Waals surface area (Å²) in [5.74, 6) is 1.35. The second-order valence-electron chi connectivity index (χ2n) is 5.54. The van der Waals surface area contributed by atoms with Crippen molar-refractivity contribution in [2.24, 2.45) is 0 Å². The molecule has 0 bridgehead atoms. The summed E-state index contributed by atoms with van der Waals surface area (Å²) in [4.78, 5) is 19.0. The third-order valence-corrected chi connectivity index (χ3v) is 5.85. The maximum Gasteiger partial charge on any atom is 0.237 e. The van der Waals surface area contributed by atoms with Gasteiger partial charge in [0.15, 0.2) is 4.34 Å². The lowest BCUT2D eigenvalue weighted by Gasteiger charge is -2.27. The fourth-order valence-corrected chi connectivity index (χ4v) is 4.30. The number of carbonyl (C=O) groups excluding carboxylic acids is 1. The minimum atomic E-state index is 0.118. The van der Waals surface area contributed by atoms with Crippen LogP contribution < -0.4 is 0 Å². The van der Waals surface area contributed by atoms with Crippen LogP contribution in [0.1, 0.15) is 37.1 Å². The van der Waals surface area contributed by atoms with Gasteiger partial charge in [-0.05, 0) is 44.7 Å². The standard InChI is InChI=1S/C17H20N2O2S2/c1-13-11-22-17(18-13)23-12-16(20)19(10-15-8-5-9-21-15)14-6-3-2-4-7-14/h5-6,8-9,11H,2-4,7,10,12H2,1H3. The number of allylic oxidation sites excluding steroid dienone is 2. The van der Waals surface area contributed by atoms with E-state index in [1.165, 1.54) is 18.2 Å². The number of amides is 1. The summed E-state index contributed by atoms with van der Waals surface area (Å²) in [5.41, 5.74) is 2.14. The van der Waals surface area contributed by atoms with E-state index in [4.69, 9.17) is 4.42 Å². The van der Waals surface area contributed by atoms with Crippen molar-refractivity contribution in [2.45, 2.75) is 43.5 Å². The first-order valence-corrected chi connectivity index (χ1v) is 9.65. The van der Waals surface area contributed by atoms with Gasteiger partial charge in [0, 0.05) is 16.8 Å². The van der Waals surface area contributed by atoms with E-state index in [0.717, 1.165) is 40.8 Å². The van der Waals surface area contributed by atoms with E-state index in [1.807, 2.05) is 29.3 Å². The molecule has 1 aliphatic carbocycles.